The van der Waals surface area contributed by atoms with Crippen molar-refractivity contribution in [3.05, 3.63) is 53.6 Å². The summed E-state index contributed by atoms with van der Waals surface area (Å²) in [5, 5.41) is 4.82. The molecule has 0 radical (unpaired) electrons. The number of aromatic amines is 1. The molecule has 4 rings (SSSR count). The number of benzene rings is 1. The van der Waals surface area contributed by atoms with Crippen molar-refractivity contribution in [2.24, 2.45) is 0 Å². The minimum absolute atomic E-state index is 0.872. The molecular weight excluding hydrogens is 286 g/mol. The summed E-state index contributed by atoms with van der Waals surface area (Å²) in [5.74, 6) is 0.989. The summed E-state index contributed by atoms with van der Waals surface area (Å²) in [6.45, 7) is 2.86. The topological polar surface area (TPSA) is 56.8 Å². The minimum atomic E-state index is 0.872. The van der Waals surface area contributed by atoms with Crippen molar-refractivity contribution in [2.45, 2.75) is 19.4 Å². The van der Waals surface area contributed by atoms with E-state index in [1.807, 2.05) is 6.20 Å². The molecule has 3 aromatic rings. The van der Waals surface area contributed by atoms with E-state index in [9.17, 15) is 0 Å². The fraction of sp³-hybridized carbons (Fsp3) is 0.333. The number of hydrogen-bond acceptors (Lipinski definition) is 4. The molecule has 1 aliphatic rings. The van der Waals surface area contributed by atoms with Crippen LogP contribution in [0.15, 0.2) is 36.8 Å². The lowest BCUT2D eigenvalue weighted by atomic mass is 10.1. The molecule has 23 heavy (non-hydrogen) atoms. The van der Waals surface area contributed by atoms with Gasteiger partial charge in [0.25, 0.3) is 0 Å². The van der Waals surface area contributed by atoms with Crippen molar-refractivity contribution >= 4 is 16.7 Å². The highest BCUT2D eigenvalue weighted by molar-refractivity contribution is 5.82. The molecule has 2 aromatic heterocycles. The van der Waals surface area contributed by atoms with Crippen LogP contribution in [0.3, 0.4) is 0 Å². The average Bonchev–Trinajstić information content (AvgIpc) is 3.05. The Balaban J connectivity index is 1.49. The first-order valence-electron chi connectivity index (χ1n) is 8.11. The van der Waals surface area contributed by atoms with Gasteiger partial charge in [-0.05, 0) is 31.2 Å². The Hall–Kier alpha value is -2.40. The van der Waals surface area contributed by atoms with Crippen molar-refractivity contribution in [3.8, 4) is 0 Å². The van der Waals surface area contributed by atoms with Crippen molar-refractivity contribution in [3.63, 3.8) is 0 Å². The molecule has 2 N–H and O–H groups in total. The highest BCUT2D eigenvalue weighted by atomic mass is 15.1. The molecule has 118 valence electrons. The fourth-order valence-corrected chi connectivity index (χ4v) is 3.31. The number of rotatable bonds is 4. The number of anilines is 1. The van der Waals surface area contributed by atoms with Gasteiger partial charge in [0, 0.05) is 48.7 Å². The zero-order valence-electron chi connectivity index (χ0n) is 13.3. The van der Waals surface area contributed by atoms with Crippen LogP contribution in [0.2, 0.25) is 0 Å². The van der Waals surface area contributed by atoms with E-state index in [2.05, 4.69) is 56.5 Å². The van der Waals surface area contributed by atoms with E-state index in [0.717, 1.165) is 38.3 Å². The first-order chi connectivity index (χ1) is 11.3. The van der Waals surface area contributed by atoms with Crippen LogP contribution in [0.25, 0.3) is 10.9 Å². The monoisotopic (exact) mass is 307 g/mol. The summed E-state index contributed by atoms with van der Waals surface area (Å²) >= 11 is 0. The van der Waals surface area contributed by atoms with Crippen molar-refractivity contribution in [1.82, 2.24) is 19.9 Å². The number of hydrogen-bond donors (Lipinski definition) is 2. The number of likely N-dealkylation sites (N-methyl/N-ethyl adjacent to an activating group) is 1. The van der Waals surface area contributed by atoms with E-state index in [1.165, 1.54) is 27.7 Å². The number of aromatic nitrogens is 3. The van der Waals surface area contributed by atoms with Crippen molar-refractivity contribution < 1.29 is 0 Å². The van der Waals surface area contributed by atoms with Crippen LogP contribution in [0.5, 0.6) is 0 Å². The van der Waals surface area contributed by atoms with E-state index in [1.54, 1.807) is 6.33 Å². The first-order valence-corrected chi connectivity index (χ1v) is 8.11. The molecule has 5 nitrogen and oxygen atoms in total. The van der Waals surface area contributed by atoms with E-state index < -0.39 is 0 Å². The molecular formula is C18H21N5. The van der Waals surface area contributed by atoms with Crippen molar-refractivity contribution in [2.75, 3.05) is 25.5 Å². The molecule has 0 unspecified atom stereocenters. The molecule has 3 heterocycles. The smallest absolute Gasteiger partial charge is 0.134 e. The Kier molecular flexibility index (Phi) is 3.71. The molecule has 1 aliphatic heterocycles. The summed E-state index contributed by atoms with van der Waals surface area (Å²) in [4.78, 5) is 14.5. The molecule has 0 amide bonds. The summed E-state index contributed by atoms with van der Waals surface area (Å²) < 4.78 is 0. The highest BCUT2D eigenvalue weighted by Crippen LogP contribution is 2.22. The molecule has 5 heteroatoms. The van der Waals surface area contributed by atoms with Gasteiger partial charge in [0.15, 0.2) is 0 Å². The van der Waals surface area contributed by atoms with Crippen molar-refractivity contribution in [1.29, 1.82) is 0 Å². The van der Waals surface area contributed by atoms with Crippen LogP contribution in [0, 0.1) is 0 Å². The Morgan fingerprint density at radius 2 is 2.22 bits per heavy atom. The summed E-state index contributed by atoms with van der Waals surface area (Å²) in [7, 11) is 2.15. The maximum absolute atomic E-state index is 4.45. The summed E-state index contributed by atoms with van der Waals surface area (Å²) in [5.41, 5.74) is 4.99. The minimum Gasteiger partial charge on any atom is -0.369 e. The summed E-state index contributed by atoms with van der Waals surface area (Å²) in [6, 6.07) is 8.56. The zero-order chi connectivity index (χ0) is 15.6. The molecule has 0 saturated heterocycles. The Morgan fingerprint density at radius 3 is 3.17 bits per heavy atom. The maximum Gasteiger partial charge on any atom is 0.134 e. The lowest BCUT2D eigenvalue weighted by Crippen LogP contribution is -2.28. The highest BCUT2D eigenvalue weighted by Gasteiger charge is 2.18. The maximum atomic E-state index is 4.45. The third kappa shape index (κ3) is 2.80. The Bertz CT molecular complexity index is 823. The standard InChI is InChI=1S/C18H21N5/c1-23-10-7-17-15(11-23)18(22-12-21-17)20-8-5-13-3-2-4-16-14(13)6-9-19-16/h2-4,6,9,12,19H,5,7-8,10-11H2,1H3,(H,20,21,22). The van der Waals surface area contributed by atoms with Gasteiger partial charge in [0.2, 0.25) is 0 Å². The largest absolute Gasteiger partial charge is 0.369 e. The van der Waals surface area contributed by atoms with Gasteiger partial charge in [-0.25, -0.2) is 9.97 Å². The van der Waals surface area contributed by atoms with Gasteiger partial charge >= 0.3 is 0 Å². The van der Waals surface area contributed by atoms with E-state index in [0.29, 0.717) is 0 Å². The first kappa shape index (κ1) is 14.2. The number of nitrogens with zero attached hydrogens (tertiary/aromatic N) is 3. The molecule has 0 spiro atoms. The van der Waals surface area contributed by atoms with Crippen LogP contribution >= 0.6 is 0 Å². The third-order valence-electron chi connectivity index (χ3n) is 4.57. The molecule has 1 aromatic carbocycles. The third-order valence-corrected chi connectivity index (χ3v) is 4.57. The van der Waals surface area contributed by atoms with E-state index in [-0.39, 0.29) is 0 Å². The quantitative estimate of drug-likeness (QED) is 0.778. The molecule has 0 aliphatic carbocycles. The predicted molar refractivity (Wildman–Crippen MR) is 92.6 cm³/mol. The summed E-state index contributed by atoms with van der Waals surface area (Å²) in [6.07, 6.45) is 5.66. The molecule has 0 bridgehead atoms. The average molecular weight is 307 g/mol. The van der Waals surface area contributed by atoms with Crippen LogP contribution in [0.4, 0.5) is 5.82 Å². The van der Waals surface area contributed by atoms with Gasteiger partial charge in [-0.2, -0.15) is 0 Å². The van der Waals surface area contributed by atoms with Gasteiger partial charge in [-0.15, -0.1) is 0 Å². The van der Waals surface area contributed by atoms with Gasteiger partial charge in [-0.3, -0.25) is 0 Å². The SMILES string of the molecule is CN1CCc2ncnc(NCCc3cccc4[nH]ccc34)c2C1. The zero-order valence-corrected chi connectivity index (χ0v) is 13.3. The molecule has 0 saturated carbocycles. The number of fused-ring (bicyclic) bond motifs is 2. The number of nitrogens with one attached hydrogen (secondary N) is 2. The number of H-pyrrole nitrogens is 1. The fourth-order valence-electron chi connectivity index (χ4n) is 3.31. The Labute approximate surface area is 135 Å². The normalized spacial score (nSPS) is 14.8. The van der Waals surface area contributed by atoms with Gasteiger partial charge in [-0.1, -0.05) is 12.1 Å². The second-order valence-electron chi connectivity index (χ2n) is 6.17. The second-order valence-corrected chi connectivity index (χ2v) is 6.17. The van der Waals surface area contributed by atoms with Gasteiger partial charge in [0.1, 0.15) is 12.1 Å². The van der Waals surface area contributed by atoms with E-state index >= 15 is 0 Å². The lowest BCUT2D eigenvalue weighted by molar-refractivity contribution is 0.310. The lowest BCUT2D eigenvalue weighted by Gasteiger charge is -2.25. The van der Waals surface area contributed by atoms with Crippen LogP contribution in [-0.2, 0) is 19.4 Å². The Morgan fingerprint density at radius 1 is 1.26 bits per heavy atom. The van der Waals surface area contributed by atoms with Gasteiger partial charge in [0.05, 0.1) is 5.69 Å². The second kappa shape index (κ2) is 6.01. The van der Waals surface area contributed by atoms with Gasteiger partial charge < -0.3 is 15.2 Å². The predicted octanol–water partition coefficient (Wildman–Crippen LogP) is 2.60. The van der Waals surface area contributed by atoms with Crippen LogP contribution < -0.4 is 5.32 Å². The molecule has 0 atom stereocenters. The molecule has 0 fully saturated rings. The van der Waals surface area contributed by atoms with E-state index in [4.69, 9.17) is 0 Å². The van der Waals surface area contributed by atoms with Crippen LogP contribution in [-0.4, -0.2) is 40.0 Å². The van der Waals surface area contributed by atoms with Crippen LogP contribution in [0.1, 0.15) is 16.8 Å².